The highest BCUT2D eigenvalue weighted by atomic mass is 32.2. The van der Waals surface area contributed by atoms with Crippen LogP contribution in [0.5, 0.6) is 0 Å². The molecule has 1 atom stereocenters. The first kappa shape index (κ1) is 22.7. The predicted octanol–water partition coefficient (Wildman–Crippen LogP) is 3.11. The number of pyridine rings is 1. The van der Waals surface area contributed by atoms with Crippen molar-refractivity contribution in [3.05, 3.63) is 53.9 Å². The molecule has 1 saturated heterocycles. The third kappa shape index (κ3) is 5.30. The quantitative estimate of drug-likeness (QED) is 0.596. The molecule has 3 heterocycles. The number of amides is 1. The van der Waals surface area contributed by atoms with Gasteiger partial charge >= 0.3 is 0 Å². The number of unbranched alkanes of at least 4 members (excludes halogenated alkanes) is 1. The van der Waals surface area contributed by atoms with Gasteiger partial charge in [-0.2, -0.15) is 4.31 Å². The number of carbonyl (C=O) groups is 1. The molecule has 0 bridgehead atoms. The second kappa shape index (κ2) is 10.0. The molecule has 0 saturated carbocycles. The summed E-state index contributed by atoms with van der Waals surface area (Å²) in [5.41, 5.74) is 3.14. The van der Waals surface area contributed by atoms with E-state index in [1.807, 2.05) is 31.3 Å². The summed E-state index contributed by atoms with van der Waals surface area (Å²) in [6.07, 6.45) is 9.08. The Morgan fingerprint density at radius 3 is 2.62 bits per heavy atom. The van der Waals surface area contributed by atoms with Gasteiger partial charge in [0.05, 0.1) is 4.90 Å². The molecule has 0 aliphatic carbocycles. The Labute approximate surface area is 190 Å². The van der Waals surface area contributed by atoms with E-state index in [9.17, 15) is 13.2 Å². The molecule has 0 spiro atoms. The second-order valence-electron chi connectivity index (χ2n) is 8.88. The monoisotopic (exact) mass is 456 g/mol. The third-order valence-electron chi connectivity index (χ3n) is 6.54. The van der Waals surface area contributed by atoms with Crippen molar-refractivity contribution in [2.75, 3.05) is 25.0 Å². The van der Waals surface area contributed by atoms with Gasteiger partial charge in [0.25, 0.3) is 0 Å². The van der Waals surface area contributed by atoms with Gasteiger partial charge in [0, 0.05) is 44.1 Å². The van der Waals surface area contributed by atoms with Crippen molar-refractivity contribution in [1.29, 1.82) is 0 Å². The summed E-state index contributed by atoms with van der Waals surface area (Å²) in [6, 6.07) is 8.77. The summed E-state index contributed by atoms with van der Waals surface area (Å²) >= 11 is 0. The van der Waals surface area contributed by atoms with Crippen LogP contribution in [0.2, 0.25) is 0 Å². The maximum Gasteiger partial charge on any atom is 0.243 e. The van der Waals surface area contributed by atoms with Crippen molar-refractivity contribution in [1.82, 2.24) is 14.6 Å². The highest BCUT2D eigenvalue weighted by Gasteiger charge is 2.29. The number of anilines is 1. The molecule has 2 aromatic rings. The van der Waals surface area contributed by atoms with E-state index in [1.54, 1.807) is 22.6 Å². The molecule has 2 aliphatic rings. The number of hydrogen-bond donors (Lipinski definition) is 2. The van der Waals surface area contributed by atoms with Gasteiger partial charge in [-0.15, -0.1) is 0 Å². The van der Waals surface area contributed by atoms with Gasteiger partial charge in [-0.25, -0.2) is 8.42 Å². The average molecular weight is 457 g/mol. The number of rotatable bonds is 8. The van der Waals surface area contributed by atoms with Gasteiger partial charge in [-0.3, -0.25) is 9.78 Å². The number of nitrogens with one attached hydrogen (secondary N) is 2. The van der Waals surface area contributed by atoms with Gasteiger partial charge in [-0.05, 0) is 55.9 Å². The molecule has 1 fully saturated rings. The molecule has 32 heavy (non-hydrogen) atoms. The van der Waals surface area contributed by atoms with Crippen molar-refractivity contribution in [3.63, 3.8) is 0 Å². The van der Waals surface area contributed by atoms with Crippen LogP contribution in [0, 0.1) is 12.8 Å². The number of carbonyl (C=O) groups excluding carboxylic acids is 1. The zero-order chi connectivity index (χ0) is 22.6. The van der Waals surface area contributed by atoms with Gasteiger partial charge in [0.15, 0.2) is 0 Å². The number of aromatic nitrogens is 1. The molecule has 7 nitrogen and oxygen atoms in total. The SMILES string of the molecule is Cc1ccc(S(=O)(=O)N2CCC(CCCCNC(=O)C3Cc4cnccc4N3)CC2)cc1. The van der Waals surface area contributed by atoms with Crippen LogP contribution in [-0.2, 0) is 21.2 Å². The van der Waals surface area contributed by atoms with Crippen LogP contribution in [0.4, 0.5) is 5.69 Å². The van der Waals surface area contributed by atoms with E-state index in [0.29, 0.717) is 36.9 Å². The molecule has 1 unspecified atom stereocenters. The standard InChI is InChI=1S/C24H32N4O3S/c1-18-5-7-21(8-6-18)32(30,31)28-14-10-19(11-15-28)4-2-3-12-26-24(29)23-16-20-17-25-13-9-22(20)27-23/h5-9,13,17,19,23,27H,2-4,10-12,14-16H2,1H3,(H,26,29). The normalized spacial score (nSPS) is 19.3. The number of sulfonamides is 1. The molecule has 4 rings (SSSR count). The maximum atomic E-state index is 12.8. The fourth-order valence-electron chi connectivity index (χ4n) is 4.54. The minimum absolute atomic E-state index is 0.0378. The van der Waals surface area contributed by atoms with Crippen LogP contribution in [0.15, 0.2) is 47.6 Å². The van der Waals surface area contributed by atoms with Crippen LogP contribution < -0.4 is 10.6 Å². The van der Waals surface area contributed by atoms with Crippen LogP contribution in [0.1, 0.15) is 43.2 Å². The Hall–Kier alpha value is -2.45. The lowest BCUT2D eigenvalue weighted by atomic mass is 9.92. The Morgan fingerprint density at radius 1 is 1.16 bits per heavy atom. The van der Waals surface area contributed by atoms with E-state index in [2.05, 4.69) is 15.6 Å². The van der Waals surface area contributed by atoms with Crippen molar-refractivity contribution in [3.8, 4) is 0 Å². The lowest BCUT2D eigenvalue weighted by molar-refractivity contribution is -0.121. The first-order valence-corrected chi connectivity index (χ1v) is 12.9. The minimum Gasteiger partial charge on any atom is -0.373 e. The number of aryl methyl sites for hydroxylation is 1. The summed E-state index contributed by atoms with van der Waals surface area (Å²) < 4.78 is 27.3. The molecular weight excluding hydrogens is 424 g/mol. The summed E-state index contributed by atoms with van der Waals surface area (Å²) in [5.74, 6) is 0.587. The van der Waals surface area contributed by atoms with Crippen molar-refractivity contribution in [2.24, 2.45) is 5.92 Å². The number of piperidine rings is 1. The van der Waals surface area contributed by atoms with Crippen LogP contribution in [-0.4, -0.2) is 49.3 Å². The van der Waals surface area contributed by atoms with Crippen molar-refractivity contribution in [2.45, 2.75) is 56.4 Å². The Kier molecular flexibility index (Phi) is 7.10. The van der Waals surface area contributed by atoms with Crippen LogP contribution in [0.25, 0.3) is 0 Å². The van der Waals surface area contributed by atoms with Crippen molar-refractivity contribution >= 4 is 21.6 Å². The largest absolute Gasteiger partial charge is 0.373 e. The number of fused-ring (bicyclic) bond motifs is 1. The molecule has 1 aromatic carbocycles. The molecular formula is C24H32N4O3S. The van der Waals surface area contributed by atoms with Gasteiger partial charge in [0.1, 0.15) is 6.04 Å². The van der Waals surface area contributed by atoms with E-state index < -0.39 is 10.0 Å². The molecule has 1 amide bonds. The molecule has 2 aliphatic heterocycles. The van der Waals surface area contributed by atoms with Crippen molar-refractivity contribution < 1.29 is 13.2 Å². The van der Waals surface area contributed by atoms with E-state index in [0.717, 1.165) is 48.9 Å². The highest BCUT2D eigenvalue weighted by molar-refractivity contribution is 7.89. The van der Waals surface area contributed by atoms with Gasteiger partial charge in [0.2, 0.25) is 15.9 Å². The molecule has 2 N–H and O–H groups in total. The lowest BCUT2D eigenvalue weighted by Crippen LogP contribution is -2.39. The zero-order valence-corrected chi connectivity index (χ0v) is 19.4. The van der Waals surface area contributed by atoms with E-state index in [1.165, 1.54) is 0 Å². The summed E-state index contributed by atoms with van der Waals surface area (Å²) in [7, 11) is -3.39. The average Bonchev–Trinajstić information content (AvgIpc) is 3.24. The number of hydrogen-bond acceptors (Lipinski definition) is 5. The topological polar surface area (TPSA) is 91.4 Å². The van der Waals surface area contributed by atoms with Gasteiger partial charge < -0.3 is 10.6 Å². The molecule has 172 valence electrons. The second-order valence-corrected chi connectivity index (χ2v) is 10.8. The van der Waals surface area contributed by atoms with Crippen LogP contribution in [0.3, 0.4) is 0 Å². The minimum atomic E-state index is -3.39. The smallest absolute Gasteiger partial charge is 0.243 e. The fraction of sp³-hybridized carbons (Fsp3) is 0.500. The first-order valence-electron chi connectivity index (χ1n) is 11.5. The summed E-state index contributed by atoms with van der Waals surface area (Å²) in [4.78, 5) is 16.9. The fourth-order valence-corrected chi connectivity index (χ4v) is 6.01. The molecule has 1 aromatic heterocycles. The Balaban J connectivity index is 1.13. The van der Waals surface area contributed by atoms with Crippen LogP contribution >= 0.6 is 0 Å². The molecule has 0 radical (unpaired) electrons. The summed E-state index contributed by atoms with van der Waals surface area (Å²) in [6.45, 7) is 3.79. The zero-order valence-electron chi connectivity index (χ0n) is 18.6. The van der Waals surface area contributed by atoms with Gasteiger partial charge in [-0.1, -0.05) is 30.5 Å². The number of nitrogens with zero attached hydrogens (tertiary/aromatic N) is 2. The third-order valence-corrected chi connectivity index (χ3v) is 8.46. The van der Waals surface area contributed by atoms with E-state index >= 15 is 0 Å². The summed E-state index contributed by atoms with van der Waals surface area (Å²) in [5, 5.41) is 6.29. The molecule has 8 heteroatoms. The first-order chi connectivity index (χ1) is 15.4. The Bertz CT molecular complexity index is 1010. The number of benzene rings is 1. The lowest BCUT2D eigenvalue weighted by Gasteiger charge is -2.31. The Morgan fingerprint density at radius 2 is 1.91 bits per heavy atom. The highest BCUT2D eigenvalue weighted by Crippen LogP contribution is 2.27. The van der Waals surface area contributed by atoms with E-state index in [4.69, 9.17) is 0 Å². The maximum absolute atomic E-state index is 12.8. The van der Waals surface area contributed by atoms with E-state index in [-0.39, 0.29) is 11.9 Å². The predicted molar refractivity (Wildman–Crippen MR) is 125 cm³/mol.